The maximum atomic E-state index is 13.1. The van der Waals surface area contributed by atoms with Crippen molar-refractivity contribution in [2.75, 3.05) is 32.4 Å². The molecular formula is C16H25FIN3S. The summed E-state index contributed by atoms with van der Waals surface area (Å²) in [5.74, 6) is 1.95. The molecule has 0 spiro atoms. The van der Waals surface area contributed by atoms with Gasteiger partial charge in [-0.1, -0.05) is 19.1 Å². The summed E-state index contributed by atoms with van der Waals surface area (Å²) >= 11 is 2.05. The molecule has 0 saturated carbocycles. The molecule has 1 unspecified atom stereocenters. The zero-order valence-electron chi connectivity index (χ0n) is 13.2. The Hall–Kier alpha value is -0.500. The Morgan fingerprint density at radius 1 is 1.50 bits per heavy atom. The molecule has 1 saturated heterocycles. The Kier molecular flexibility index (Phi) is 9.16. The van der Waals surface area contributed by atoms with Gasteiger partial charge in [0.15, 0.2) is 5.96 Å². The number of hydrogen-bond acceptors (Lipinski definition) is 2. The van der Waals surface area contributed by atoms with Crippen molar-refractivity contribution in [1.82, 2.24) is 10.2 Å². The van der Waals surface area contributed by atoms with E-state index in [2.05, 4.69) is 33.9 Å². The molecule has 1 aromatic carbocycles. The van der Waals surface area contributed by atoms with E-state index in [0.29, 0.717) is 5.25 Å². The van der Waals surface area contributed by atoms with Gasteiger partial charge in [-0.15, -0.1) is 24.0 Å². The number of benzene rings is 1. The van der Waals surface area contributed by atoms with Crippen molar-refractivity contribution in [2.24, 2.45) is 4.99 Å². The van der Waals surface area contributed by atoms with E-state index in [1.54, 1.807) is 12.1 Å². The lowest BCUT2D eigenvalue weighted by Gasteiger charge is -2.34. The third-order valence-corrected chi connectivity index (χ3v) is 5.06. The smallest absolute Gasteiger partial charge is 0.193 e. The van der Waals surface area contributed by atoms with Crippen LogP contribution < -0.4 is 5.32 Å². The molecule has 22 heavy (non-hydrogen) atoms. The van der Waals surface area contributed by atoms with Crippen LogP contribution in [0.4, 0.5) is 4.39 Å². The normalized spacial score (nSPS) is 18.8. The van der Waals surface area contributed by atoms with Crippen LogP contribution in [0.25, 0.3) is 0 Å². The van der Waals surface area contributed by atoms with Gasteiger partial charge in [0.2, 0.25) is 0 Å². The van der Waals surface area contributed by atoms with Gasteiger partial charge in [-0.05, 0) is 30.5 Å². The van der Waals surface area contributed by atoms with Crippen LogP contribution in [-0.4, -0.2) is 48.5 Å². The monoisotopic (exact) mass is 437 g/mol. The van der Waals surface area contributed by atoms with Crippen LogP contribution in [0.3, 0.4) is 0 Å². The number of aliphatic imine (C=N–C) groups is 1. The molecule has 3 nitrogen and oxygen atoms in total. The summed E-state index contributed by atoms with van der Waals surface area (Å²) in [7, 11) is 1.83. The third kappa shape index (κ3) is 5.95. The second-order valence-corrected chi connectivity index (χ2v) is 6.61. The summed E-state index contributed by atoms with van der Waals surface area (Å²) in [6.45, 7) is 5.11. The number of rotatable bonds is 4. The molecule has 2 rings (SSSR count). The van der Waals surface area contributed by atoms with E-state index in [1.807, 2.05) is 13.1 Å². The number of thioether (sulfide) groups is 1. The van der Waals surface area contributed by atoms with Crippen LogP contribution in [-0.2, 0) is 6.42 Å². The molecule has 1 aromatic rings. The van der Waals surface area contributed by atoms with Crippen LogP contribution in [0.1, 0.15) is 18.9 Å². The molecule has 0 aliphatic carbocycles. The average molecular weight is 437 g/mol. The number of halogens is 2. The molecule has 124 valence electrons. The van der Waals surface area contributed by atoms with Crippen molar-refractivity contribution in [3.8, 4) is 0 Å². The second kappa shape index (κ2) is 10.3. The molecule has 1 aliphatic rings. The van der Waals surface area contributed by atoms with Crippen molar-refractivity contribution in [2.45, 2.75) is 25.0 Å². The lowest BCUT2D eigenvalue weighted by Crippen LogP contribution is -2.48. The maximum absolute atomic E-state index is 13.1. The van der Waals surface area contributed by atoms with Gasteiger partial charge in [0, 0.05) is 37.7 Å². The van der Waals surface area contributed by atoms with Crippen molar-refractivity contribution in [1.29, 1.82) is 0 Å². The fraction of sp³-hybridized carbons (Fsp3) is 0.562. The quantitative estimate of drug-likeness (QED) is 0.445. The van der Waals surface area contributed by atoms with Gasteiger partial charge in [-0.3, -0.25) is 4.99 Å². The molecule has 0 radical (unpaired) electrons. The Morgan fingerprint density at radius 3 is 3.00 bits per heavy atom. The van der Waals surface area contributed by atoms with Crippen molar-refractivity contribution in [3.63, 3.8) is 0 Å². The summed E-state index contributed by atoms with van der Waals surface area (Å²) in [6, 6.07) is 6.78. The minimum absolute atomic E-state index is 0. The van der Waals surface area contributed by atoms with Gasteiger partial charge in [-0.2, -0.15) is 11.8 Å². The molecule has 0 aromatic heterocycles. The Balaban J connectivity index is 0.00000242. The summed E-state index contributed by atoms with van der Waals surface area (Å²) in [6.07, 6.45) is 2.00. The van der Waals surface area contributed by atoms with E-state index >= 15 is 0 Å². The van der Waals surface area contributed by atoms with E-state index in [0.717, 1.165) is 43.3 Å². The number of nitrogens with zero attached hydrogens (tertiary/aromatic N) is 2. The fourth-order valence-corrected chi connectivity index (χ4v) is 3.68. The minimum atomic E-state index is -0.171. The van der Waals surface area contributed by atoms with Crippen LogP contribution in [0.15, 0.2) is 29.3 Å². The molecule has 0 bridgehead atoms. The first kappa shape index (κ1) is 19.5. The highest BCUT2D eigenvalue weighted by Gasteiger charge is 2.21. The average Bonchev–Trinajstić information content (AvgIpc) is 2.52. The zero-order chi connectivity index (χ0) is 15.1. The Morgan fingerprint density at radius 2 is 2.32 bits per heavy atom. The van der Waals surface area contributed by atoms with Gasteiger partial charge in [0.1, 0.15) is 5.82 Å². The highest BCUT2D eigenvalue weighted by molar-refractivity contribution is 14.0. The number of hydrogen-bond donors (Lipinski definition) is 1. The summed E-state index contributed by atoms with van der Waals surface area (Å²) < 4.78 is 13.1. The minimum Gasteiger partial charge on any atom is -0.356 e. The van der Waals surface area contributed by atoms with Gasteiger partial charge in [0.05, 0.1) is 0 Å². The summed E-state index contributed by atoms with van der Waals surface area (Å²) in [5, 5.41) is 4.09. The molecule has 1 atom stereocenters. The summed E-state index contributed by atoms with van der Waals surface area (Å²) in [5.41, 5.74) is 1.01. The van der Waals surface area contributed by atoms with Gasteiger partial charge >= 0.3 is 0 Å². The van der Waals surface area contributed by atoms with Crippen molar-refractivity contribution < 1.29 is 4.39 Å². The van der Waals surface area contributed by atoms with Gasteiger partial charge in [-0.25, -0.2) is 4.39 Å². The largest absolute Gasteiger partial charge is 0.356 e. The zero-order valence-corrected chi connectivity index (χ0v) is 16.4. The highest BCUT2D eigenvalue weighted by atomic mass is 127. The molecule has 1 heterocycles. The first-order chi connectivity index (χ1) is 10.2. The number of guanidine groups is 1. The van der Waals surface area contributed by atoms with Gasteiger partial charge in [0.25, 0.3) is 0 Å². The van der Waals surface area contributed by atoms with E-state index in [1.165, 1.54) is 12.5 Å². The lowest BCUT2D eigenvalue weighted by molar-refractivity contribution is 0.408. The molecule has 1 N–H and O–H groups in total. The highest BCUT2D eigenvalue weighted by Crippen LogP contribution is 2.20. The predicted octanol–water partition coefficient (Wildman–Crippen LogP) is 3.39. The molecule has 1 aliphatic heterocycles. The second-order valence-electron chi connectivity index (χ2n) is 5.20. The number of nitrogens with one attached hydrogen (secondary N) is 1. The first-order valence-electron chi connectivity index (χ1n) is 7.54. The van der Waals surface area contributed by atoms with Crippen LogP contribution in [0.5, 0.6) is 0 Å². The molecule has 1 fully saturated rings. The maximum Gasteiger partial charge on any atom is 0.193 e. The van der Waals surface area contributed by atoms with Gasteiger partial charge < -0.3 is 10.2 Å². The van der Waals surface area contributed by atoms with Crippen LogP contribution in [0, 0.1) is 5.82 Å². The van der Waals surface area contributed by atoms with Crippen LogP contribution in [0.2, 0.25) is 0 Å². The molecular weight excluding hydrogens is 412 g/mol. The first-order valence-corrected chi connectivity index (χ1v) is 8.59. The Bertz CT molecular complexity index is 484. The predicted molar refractivity (Wildman–Crippen MR) is 105 cm³/mol. The summed E-state index contributed by atoms with van der Waals surface area (Å²) in [4.78, 5) is 6.71. The van der Waals surface area contributed by atoms with Crippen LogP contribution >= 0.6 is 35.7 Å². The van der Waals surface area contributed by atoms with E-state index in [4.69, 9.17) is 0 Å². The van der Waals surface area contributed by atoms with Crippen molar-refractivity contribution in [3.05, 3.63) is 35.6 Å². The fourth-order valence-electron chi connectivity index (χ4n) is 2.50. The standard InChI is InChI=1S/C16H24FN3S.HI/c1-3-15-12-20(9-10-21-15)16(18-2)19-8-7-13-5-4-6-14(17)11-13;/h4-6,11,15H,3,7-10,12H2,1-2H3,(H,18,19);1H. The van der Waals surface area contributed by atoms with E-state index in [9.17, 15) is 4.39 Å². The molecule has 6 heteroatoms. The topological polar surface area (TPSA) is 27.6 Å². The van der Waals surface area contributed by atoms with Crippen molar-refractivity contribution >= 4 is 41.7 Å². The SMILES string of the molecule is CCC1CN(C(=NC)NCCc2cccc(F)c2)CCS1.I. The van der Waals surface area contributed by atoms with E-state index < -0.39 is 0 Å². The lowest BCUT2D eigenvalue weighted by atomic mass is 10.1. The van der Waals surface area contributed by atoms with E-state index in [-0.39, 0.29) is 29.8 Å². The molecule has 0 amide bonds. The third-order valence-electron chi connectivity index (χ3n) is 3.69. The Labute approximate surface area is 154 Å².